The van der Waals surface area contributed by atoms with Crippen LogP contribution in [0, 0.1) is 16.0 Å². The average molecular weight is 286 g/mol. The van der Waals surface area contributed by atoms with Crippen molar-refractivity contribution in [3.05, 3.63) is 27.4 Å². The zero-order valence-corrected chi connectivity index (χ0v) is 12.3. The lowest BCUT2D eigenvalue weighted by Gasteiger charge is -2.15. The number of nitro groups is 1. The molecule has 0 radical (unpaired) electrons. The van der Waals surface area contributed by atoms with Crippen LogP contribution >= 0.6 is 11.6 Å². The van der Waals surface area contributed by atoms with Crippen molar-refractivity contribution in [3.63, 3.8) is 0 Å². The maximum atomic E-state index is 10.7. The summed E-state index contributed by atoms with van der Waals surface area (Å²) >= 11 is 5.77. The van der Waals surface area contributed by atoms with Gasteiger partial charge in [-0.15, -0.1) is 0 Å². The van der Waals surface area contributed by atoms with Gasteiger partial charge in [0.05, 0.1) is 17.1 Å². The Bertz CT molecular complexity index is 438. The molecule has 0 aliphatic heterocycles. The number of nitrogens with zero attached hydrogens (tertiary/aromatic N) is 2. The molecule has 1 atom stereocenters. The Morgan fingerprint density at radius 1 is 1.37 bits per heavy atom. The predicted molar refractivity (Wildman–Crippen MR) is 77.7 cm³/mol. The summed E-state index contributed by atoms with van der Waals surface area (Å²) in [5.41, 5.74) is -0.0446. The molecule has 0 spiro atoms. The Morgan fingerprint density at radius 2 is 2.05 bits per heavy atom. The van der Waals surface area contributed by atoms with Gasteiger partial charge >= 0.3 is 0 Å². The van der Waals surface area contributed by atoms with E-state index in [9.17, 15) is 10.1 Å². The van der Waals surface area contributed by atoms with Crippen LogP contribution in [0.25, 0.3) is 0 Å². The van der Waals surface area contributed by atoms with Crippen LogP contribution in [0.5, 0.6) is 0 Å². The van der Waals surface area contributed by atoms with E-state index >= 15 is 0 Å². The summed E-state index contributed by atoms with van der Waals surface area (Å²) in [7, 11) is 0. The molecule has 19 heavy (non-hydrogen) atoms. The minimum atomic E-state index is -0.470. The Hall–Kier alpha value is -1.36. The first-order valence-electron chi connectivity index (χ1n) is 6.47. The van der Waals surface area contributed by atoms with Gasteiger partial charge < -0.3 is 5.32 Å². The van der Waals surface area contributed by atoms with Crippen molar-refractivity contribution in [2.24, 2.45) is 5.92 Å². The van der Waals surface area contributed by atoms with Crippen LogP contribution < -0.4 is 5.32 Å². The molecule has 0 fully saturated rings. The molecule has 0 saturated heterocycles. The number of nitrogens with one attached hydrogen (secondary N) is 1. The van der Waals surface area contributed by atoms with Gasteiger partial charge in [0, 0.05) is 6.04 Å². The zero-order valence-electron chi connectivity index (χ0n) is 11.5. The van der Waals surface area contributed by atoms with Gasteiger partial charge in [-0.2, -0.15) is 0 Å². The molecule has 1 rings (SSSR count). The smallest absolute Gasteiger partial charge is 0.276 e. The fourth-order valence-electron chi connectivity index (χ4n) is 1.82. The third-order valence-electron chi connectivity index (χ3n) is 2.80. The quantitative estimate of drug-likeness (QED) is 0.461. The lowest BCUT2D eigenvalue weighted by Crippen LogP contribution is -2.16. The fourth-order valence-corrected chi connectivity index (χ4v) is 2.02. The van der Waals surface area contributed by atoms with Gasteiger partial charge in [0.25, 0.3) is 5.69 Å². The highest BCUT2D eigenvalue weighted by Crippen LogP contribution is 2.21. The van der Waals surface area contributed by atoms with Crippen molar-refractivity contribution in [1.29, 1.82) is 0 Å². The second-order valence-electron chi connectivity index (χ2n) is 5.16. The van der Waals surface area contributed by atoms with E-state index in [1.54, 1.807) is 0 Å². The Balaban J connectivity index is 2.58. The first-order chi connectivity index (χ1) is 8.88. The van der Waals surface area contributed by atoms with E-state index in [4.69, 9.17) is 11.6 Å². The molecule has 0 aliphatic carbocycles. The minimum Gasteiger partial charge on any atom is -0.367 e. The molecule has 1 aromatic heterocycles. The summed E-state index contributed by atoms with van der Waals surface area (Å²) in [6.45, 7) is 6.43. The minimum absolute atomic E-state index is 0.0446. The lowest BCUT2D eigenvalue weighted by atomic mass is 10.0. The number of rotatable bonds is 7. The largest absolute Gasteiger partial charge is 0.367 e. The van der Waals surface area contributed by atoms with Crippen molar-refractivity contribution in [2.45, 2.75) is 46.1 Å². The second-order valence-corrected chi connectivity index (χ2v) is 5.55. The van der Waals surface area contributed by atoms with Gasteiger partial charge in [0.2, 0.25) is 0 Å². The average Bonchev–Trinajstić information content (AvgIpc) is 2.27. The van der Waals surface area contributed by atoms with Gasteiger partial charge in [0.1, 0.15) is 11.0 Å². The number of hydrogen-bond acceptors (Lipinski definition) is 4. The molecular weight excluding hydrogens is 266 g/mol. The Labute approximate surface area is 118 Å². The van der Waals surface area contributed by atoms with Gasteiger partial charge in [-0.3, -0.25) is 10.1 Å². The molecule has 5 nitrogen and oxygen atoms in total. The summed E-state index contributed by atoms with van der Waals surface area (Å²) in [6.07, 6.45) is 3.30. The summed E-state index contributed by atoms with van der Waals surface area (Å²) in [5, 5.41) is 14.0. The summed E-state index contributed by atoms with van der Waals surface area (Å²) in [5.74, 6) is 1.15. The Morgan fingerprint density at radius 3 is 2.63 bits per heavy atom. The predicted octanol–water partition coefficient (Wildman–Crippen LogP) is 4.27. The molecule has 0 bridgehead atoms. The maximum Gasteiger partial charge on any atom is 0.276 e. The first kappa shape index (κ1) is 15.7. The van der Waals surface area contributed by atoms with Crippen molar-refractivity contribution in [3.8, 4) is 0 Å². The zero-order chi connectivity index (χ0) is 14.4. The highest BCUT2D eigenvalue weighted by Gasteiger charge is 2.11. The van der Waals surface area contributed by atoms with Crippen molar-refractivity contribution >= 4 is 23.1 Å². The number of aromatic nitrogens is 1. The van der Waals surface area contributed by atoms with Crippen LogP contribution in [0.4, 0.5) is 11.5 Å². The molecule has 106 valence electrons. The highest BCUT2D eigenvalue weighted by atomic mass is 35.5. The van der Waals surface area contributed by atoms with Gasteiger partial charge in [-0.1, -0.05) is 38.3 Å². The molecule has 0 aromatic carbocycles. The molecule has 1 N–H and O–H groups in total. The van der Waals surface area contributed by atoms with E-state index in [0.29, 0.717) is 11.7 Å². The van der Waals surface area contributed by atoms with Gasteiger partial charge in [-0.25, -0.2) is 4.98 Å². The van der Waals surface area contributed by atoms with E-state index in [0.717, 1.165) is 12.8 Å². The molecular formula is C13H20ClN3O2. The first-order valence-corrected chi connectivity index (χ1v) is 6.84. The van der Waals surface area contributed by atoms with Crippen LogP contribution in [0.2, 0.25) is 5.15 Å². The molecule has 1 heterocycles. The SMILES string of the molecule is CC(C)CCCC(C)Nc1cc([N+](=O)[O-])cc(Cl)n1. The summed E-state index contributed by atoms with van der Waals surface area (Å²) < 4.78 is 0. The van der Waals surface area contributed by atoms with Crippen LogP contribution in [0.1, 0.15) is 40.0 Å². The third kappa shape index (κ3) is 5.87. The number of hydrogen-bond donors (Lipinski definition) is 1. The molecule has 1 aromatic rings. The van der Waals surface area contributed by atoms with Gasteiger partial charge in [-0.05, 0) is 19.3 Å². The van der Waals surface area contributed by atoms with Crippen LogP contribution in [0.15, 0.2) is 12.1 Å². The van der Waals surface area contributed by atoms with E-state index in [2.05, 4.69) is 24.1 Å². The van der Waals surface area contributed by atoms with Crippen molar-refractivity contribution in [2.75, 3.05) is 5.32 Å². The van der Waals surface area contributed by atoms with Crippen LogP contribution in [0.3, 0.4) is 0 Å². The van der Waals surface area contributed by atoms with Crippen molar-refractivity contribution in [1.82, 2.24) is 4.98 Å². The maximum absolute atomic E-state index is 10.7. The molecule has 0 saturated carbocycles. The topological polar surface area (TPSA) is 68.1 Å². The number of anilines is 1. The van der Waals surface area contributed by atoms with Crippen LogP contribution in [-0.4, -0.2) is 15.9 Å². The third-order valence-corrected chi connectivity index (χ3v) is 3.00. The molecule has 0 aliphatic rings. The Kier molecular flexibility index (Phi) is 6.02. The normalized spacial score (nSPS) is 12.5. The monoisotopic (exact) mass is 285 g/mol. The van der Waals surface area contributed by atoms with Crippen molar-refractivity contribution < 1.29 is 4.92 Å². The summed E-state index contributed by atoms with van der Waals surface area (Å²) in [4.78, 5) is 14.3. The van der Waals surface area contributed by atoms with Gasteiger partial charge in [0.15, 0.2) is 0 Å². The van der Waals surface area contributed by atoms with E-state index in [1.165, 1.54) is 18.6 Å². The number of halogens is 1. The van der Waals surface area contributed by atoms with E-state index in [-0.39, 0.29) is 16.9 Å². The van der Waals surface area contributed by atoms with Crippen LogP contribution in [-0.2, 0) is 0 Å². The highest BCUT2D eigenvalue weighted by molar-refractivity contribution is 6.29. The lowest BCUT2D eigenvalue weighted by molar-refractivity contribution is -0.384. The van der Waals surface area contributed by atoms with E-state index < -0.39 is 4.92 Å². The second kappa shape index (κ2) is 7.28. The standard InChI is InChI=1S/C13H20ClN3O2/c1-9(2)5-4-6-10(3)15-13-8-11(17(18)19)7-12(14)16-13/h7-10H,4-6H2,1-3H3,(H,15,16). The number of pyridine rings is 1. The fraction of sp³-hybridized carbons (Fsp3) is 0.615. The molecule has 6 heteroatoms. The molecule has 0 amide bonds. The molecule has 1 unspecified atom stereocenters. The summed E-state index contributed by atoms with van der Waals surface area (Å²) in [6, 6.07) is 2.87. The van der Waals surface area contributed by atoms with E-state index in [1.807, 2.05) is 6.92 Å².